The maximum atomic E-state index is 12.2. The molecule has 0 aliphatic heterocycles. The van der Waals surface area contributed by atoms with Crippen molar-refractivity contribution in [2.45, 2.75) is 134 Å². The number of allylic oxidation sites excluding steroid dienone is 1. The summed E-state index contributed by atoms with van der Waals surface area (Å²) in [6.07, 6.45) is 17.9. The second kappa shape index (κ2) is 18.9. The quantitative estimate of drug-likeness (QED) is 0.0730. The van der Waals surface area contributed by atoms with Gasteiger partial charge in [-0.1, -0.05) is 69.7 Å². The first-order valence-electron chi connectivity index (χ1n) is 18.5. The van der Waals surface area contributed by atoms with Crippen LogP contribution in [0.4, 0.5) is 5.82 Å². The fourth-order valence-electron chi connectivity index (χ4n) is 8.28. The van der Waals surface area contributed by atoms with Gasteiger partial charge in [0.05, 0.1) is 23.7 Å². The fraction of sp³-hybridized carbons (Fsp3) is 0.692. The van der Waals surface area contributed by atoms with Crippen LogP contribution in [0, 0.1) is 29.6 Å². The van der Waals surface area contributed by atoms with Crippen LogP contribution in [-0.4, -0.2) is 60.9 Å². The number of carboxylic acids is 1. The van der Waals surface area contributed by atoms with Gasteiger partial charge in [0.1, 0.15) is 5.82 Å². The highest BCUT2D eigenvalue weighted by Crippen LogP contribution is 2.46. The number of aromatic nitrogens is 2. The van der Waals surface area contributed by atoms with E-state index in [4.69, 9.17) is 5.73 Å². The SMILES string of the molecule is CCCCC[C@@H]1C=C[C@@H](CCCCC[C@H](C(=O)O)[C@H](O)CC[C@]2(O)C[C@H](Cc3ccnc(N)c3)C[C@H]2Cc2ccc(CCO)[n-]2)[C@H](O)C1. The van der Waals surface area contributed by atoms with Crippen molar-refractivity contribution in [1.82, 2.24) is 9.97 Å². The molecule has 7 N–H and O–H groups in total. The lowest BCUT2D eigenvalue weighted by molar-refractivity contribution is -0.146. The van der Waals surface area contributed by atoms with E-state index >= 15 is 0 Å². The Morgan fingerprint density at radius 2 is 1.83 bits per heavy atom. The zero-order valence-electron chi connectivity index (χ0n) is 28.9. The van der Waals surface area contributed by atoms with E-state index in [1.807, 2.05) is 24.3 Å². The highest BCUT2D eigenvalue weighted by Gasteiger charge is 2.45. The van der Waals surface area contributed by atoms with Crippen molar-refractivity contribution in [2.75, 3.05) is 12.3 Å². The number of aliphatic carboxylic acids is 1. The predicted molar refractivity (Wildman–Crippen MR) is 188 cm³/mol. The molecule has 8 atom stereocenters. The van der Waals surface area contributed by atoms with Crippen LogP contribution < -0.4 is 10.7 Å². The summed E-state index contributed by atoms with van der Waals surface area (Å²) in [4.78, 5) is 21.0. The number of anilines is 1. The Balaban J connectivity index is 1.28. The van der Waals surface area contributed by atoms with Crippen LogP contribution in [-0.2, 0) is 24.1 Å². The van der Waals surface area contributed by atoms with E-state index in [0.29, 0.717) is 50.3 Å². The minimum atomic E-state index is -1.06. The lowest BCUT2D eigenvalue weighted by Gasteiger charge is -2.33. The Labute approximate surface area is 287 Å². The average Bonchev–Trinajstić information content (AvgIpc) is 3.61. The van der Waals surface area contributed by atoms with Gasteiger partial charge in [-0.05, 0) is 106 Å². The van der Waals surface area contributed by atoms with Gasteiger partial charge in [-0.15, -0.1) is 0 Å². The van der Waals surface area contributed by atoms with Gasteiger partial charge in [0, 0.05) is 18.7 Å². The number of nitrogens with zero attached hydrogens (tertiary/aromatic N) is 2. The molecular formula is C39H60N3O6-. The molecular weight excluding hydrogens is 606 g/mol. The maximum Gasteiger partial charge on any atom is 0.309 e. The minimum Gasteiger partial charge on any atom is -0.665 e. The number of pyridine rings is 1. The Hall–Kier alpha value is -2.72. The fourth-order valence-corrected chi connectivity index (χ4v) is 8.28. The zero-order valence-corrected chi connectivity index (χ0v) is 28.9. The second-order valence-electron chi connectivity index (χ2n) is 14.8. The molecule has 268 valence electrons. The van der Waals surface area contributed by atoms with Crippen LogP contribution in [0.25, 0.3) is 0 Å². The molecule has 2 aliphatic carbocycles. The van der Waals surface area contributed by atoms with Gasteiger partial charge in [-0.25, -0.2) is 4.98 Å². The molecule has 2 aliphatic rings. The molecule has 2 heterocycles. The van der Waals surface area contributed by atoms with Crippen LogP contribution in [0.15, 0.2) is 42.6 Å². The largest absolute Gasteiger partial charge is 0.665 e. The molecule has 9 nitrogen and oxygen atoms in total. The third-order valence-electron chi connectivity index (χ3n) is 11.0. The molecule has 0 bridgehead atoms. The van der Waals surface area contributed by atoms with Crippen LogP contribution in [0.3, 0.4) is 0 Å². The van der Waals surface area contributed by atoms with Gasteiger partial charge in [-0.3, -0.25) is 4.79 Å². The van der Waals surface area contributed by atoms with Crippen molar-refractivity contribution in [3.8, 4) is 0 Å². The summed E-state index contributed by atoms with van der Waals surface area (Å²) in [5.41, 5.74) is 7.63. The molecule has 1 saturated carbocycles. The Kier molecular flexibility index (Phi) is 15.0. The number of nitrogens with two attached hydrogens (primary N) is 1. The number of hydrogen-bond acceptors (Lipinski definition) is 7. The number of aliphatic hydroxyl groups is 4. The van der Waals surface area contributed by atoms with E-state index in [-0.39, 0.29) is 36.9 Å². The maximum absolute atomic E-state index is 12.2. The van der Waals surface area contributed by atoms with E-state index in [1.54, 1.807) is 6.20 Å². The Morgan fingerprint density at radius 1 is 1.04 bits per heavy atom. The van der Waals surface area contributed by atoms with Gasteiger partial charge in [0.2, 0.25) is 0 Å². The summed E-state index contributed by atoms with van der Waals surface area (Å²) in [5.74, 6) is -0.671. The first kappa shape index (κ1) is 38.1. The number of aliphatic hydroxyl groups excluding tert-OH is 3. The van der Waals surface area contributed by atoms with E-state index in [9.17, 15) is 30.3 Å². The zero-order chi connectivity index (χ0) is 34.5. The van der Waals surface area contributed by atoms with Crippen LogP contribution >= 0.6 is 0 Å². The molecule has 0 spiro atoms. The molecule has 0 amide bonds. The van der Waals surface area contributed by atoms with Gasteiger partial charge in [0.15, 0.2) is 0 Å². The van der Waals surface area contributed by atoms with Gasteiger partial charge < -0.3 is 36.3 Å². The number of nitrogen functional groups attached to an aromatic ring is 1. The first-order chi connectivity index (χ1) is 23.1. The van der Waals surface area contributed by atoms with Crippen molar-refractivity contribution in [3.05, 3.63) is 59.6 Å². The average molecular weight is 667 g/mol. The predicted octanol–water partition coefficient (Wildman–Crippen LogP) is 5.62. The summed E-state index contributed by atoms with van der Waals surface area (Å²) < 4.78 is 0. The van der Waals surface area contributed by atoms with Crippen molar-refractivity contribution < 1.29 is 30.3 Å². The monoisotopic (exact) mass is 666 g/mol. The van der Waals surface area contributed by atoms with E-state index < -0.39 is 23.6 Å². The smallest absolute Gasteiger partial charge is 0.309 e. The summed E-state index contributed by atoms with van der Waals surface area (Å²) in [6.45, 7) is 2.24. The van der Waals surface area contributed by atoms with Crippen molar-refractivity contribution in [1.29, 1.82) is 0 Å². The van der Waals surface area contributed by atoms with Crippen molar-refractivity contribution >= 4 is 11.8 Å². The Morgan fingerprint density at radius 3 is 2.56 bits per heavy atom. The van der Waals surface area contributed by atoms with Gasteiger partial charge >= 0.3 is 5.97 Å². The van der Waals surface area contributed by atoms with Gasteiger partial charge in [0.25, 0.3) is 0 Å². The number of hydrogen-bond donors (Lipinski definition) is 6. The normalized spacial score (nSPS) is 26.9. The number of carboxylic acid groups (broad SMARTS) is 1. The number of unbranched alkanes of at least 4 members (excludes halogenated alkanes) is 4. The minimum absolute atomic E-state index is 0.0320. The molecule has 0 unspecified atom stereocenters. The molecule has 0 aromatic carbocycles. The molecule has 1 fully saturated rings. The third-order valence-corrected chi connectivity index (χ3v) is 11.0. The summed E-state index contributed by atoms with van der Waals surface area (Å²) in [7, 11) is 0. The van der Waals surface area contributed by atoms with E-state index in [2.05, 4.69) is 29.0 Å². The van der Waals surface area contributed by atoms with E-state index in [0.717, 1.165) is 61.9 Å². The molecule has 0 saturated heterocycles. The summed E-state index contributed by atoms with van der Waals surface area (Å²) in [6, 6.07) is 7.68. The second-order valence-corrected chi connectivity index (χ2v) is 14.8. The molecule has 9 heteroatoms. The molecule has 2 aromatic rings. The first-order valence-corrected chi connectivity index (χ1v) is 18.5. The molecule has 48 heavy (non-hydrogen) atoms. The highest BCUT2D eigenvalue weighted by molar-refractivity contribution is 5.70. The Bertz CT molecular complexity index is 1280. The van der Waals surface area contributed by atoms with Crippen molar-refractivity contribution in [3.63, 3.8) is 0 Å². The van der Waals surface area contributed by atoms with Crippen LogP contribution in [0.5, 0.6) is 0 Å². The van der Waals surface area contributed by atoms with Crippen molar-refractivity contribution in [2.24, 2.45) is 29.6 Å². The summed E-state index contributed by atoms with van der Waals surface area (Å²) in [5, 5.41) is 53.2. The van der Waals surface area contributed by atoms with Crippen LogP contribution in [0.1, 0.15) is 114 Å². The topological polar surface area (TPSA) is 171 Å². The standard InChI is InChI=1S/C39H60N3O6/c1-2-3-5-8-27-11-12-30(36(45)23-27)9-6-4-7-10-34(38(46)47)35(44)15-18-39(48)26-29(21-28-16-19-41-37(40)24-28)22-31(39)25-33-14-13-32(42-33)17-20-43/h11-14,16,19,24,27,29-31,34-36,43-45,48H,2-10,15,17-18,20-23,25-26H2,1H3,(H2,40,41)(H,46,47)/q-1/t27-,29-,30-,31+,34+,35-,36-,39+/m1/s1. The van der Waals surface area contributed by atoms with E-state index in [1.165, 1.54) is 19.3 Å². The third kappa shape index (κ3) is 11.4. The number of carbonyl (C=O) groups is 1. The lowest BCUT2D eigenvalue weighted by atomic mass is 9.80. The highest BCUT2D eigenvalue weighted by atomic mass is 16.4. The number of rotatable bonds is 21. The molecule has 2 aromatic heterocycles. The van der Waals surface area contributed by atoms with Crippen LogP contribution in [0.2, 0.25) is 0 Å². The lowest BCUT2D eigenvalue weighted by Crippen LogP contribution is -2.37. The molecule has 4 rings (SSSR count). The summed E-state index contributed by atoms with van der Waals surface area (Å²) >= 11 is 0. The van der Waals surface area contributed by atoms with Gasteiger partial charge in [-0.2, -0.15) is 11.4 Å². The molecule has 0 radical (unpaired) electrons.